The average molecular weight is 154 g/mol. The fourth-order valence-electron chi connectivity index (χ4n) is 1.11. The minimum atomic E-state index is 1.01. The Bertz CT molecular complexity index is 154. The van der Waals surface area contributed by atoms with Crippen molar-refractivity contribution >= 4 is 0 Å². The van der Waals surface area contributed by atoms with Crippen LogP contribution in [0.15, 0.2) is 23.5 Å². The summed E-state index contributed by atoms with van der Waals surface area (Å²) >= 11 is 0. The normalized spacial score (nSPS) is 13.5. The minimum absolute atomic E-state index is 1.01. The second kappa shape index (κ2) is 6.02. The van der Waals surface area contributed by atoms with Crippen LogP contribution in [0.1, 0.15) is 33.6 Å². The smallest absolute Gasteiger partial charge is 0.117 e. The number of rotatable bonds is 4. The lowest BCUT2D eigenvalue weighted by Crippen LogP contribution is -1.91. The Kier molecular flexibility index (Phi) is 5.63. The van der Waals surface area contributed by atoms with Crippen molar-refractivity contribution in [2.24, 2.45) is 0 Å². The topological polar surface area (TPSA) is 9.23 Å². The molecule has 0 aliphatic carbocycles. The molecule has 0 unspecified atom stereocenters. The SMILES string of the molecule is C/C=C(CCC)\C(=C/C)OC. The van der Waals surface area contributed by atoms with Gasteiger partial charge >= 0.3 is 0 Å². The molecule has 0 aromatic heterocycles. The minimum Gasteiger partial charge on any atom is -0.497 e. The fourth-order valence-corrected chi connectivity index (χ4v) is 1.11. The maximum Gasteiger partial charge on any atom is 0.117 e. The highest BCUT2D eigenvalue weighted by molar-refractivity contribution is 5.24. The molecule has 0 saturated heterocycles. The van der Waals surface area contributed by atoms with E-state index >= 15 is 0 Å². The van der Waals surface area contributed by atoms with Crippen molar-refractivity contribution in [1.29, 1.82) is 0 Å². The third-order valence-corrected chi connectivity index (χ3v) is 1.67. The molecule has 0 radical (unpaired) electrons. The van der Waals surface area contributed by atoms with E-state index in [2.05, 4.69) is 13.0 Å². The predicted octanol–water partition coefficient (Wildman–Crippen LogP) is 3.28. The summed E-state index contributed by atoms with van der Waals surface area (Å²) in [6.45, 7) is 6.22. The fraction of sp³-hybridized carbons (Fsp3) is 0.600. The lowest BCUT2D eigenvalue weighted by molar-refractivity contribution is 0.297. The van der Waals surface area contributed by atoms with Gasteiger partial charge in [-0.15, -0.1) is 0 Å². The molecule has 0 saturated carbocycles. The molecule has 0 fully saturated rings. The first-order chi connectivity index (χ1) is 5.29. The molecule has 0 aliphatic heterocycles. The zero-order valence-corrected chi connectivity index (χ0v) is 7.98. The van der Waals surface area contributed by atoms with Crippen LogP contribution in [0.3, 0.4) is 0 Å². The van der Waals surface area contributed by atoms with E-state index in [1.165, 1.54) is 12.0 Å². The second-order valence-electron chi connectivity index (χ2n) is 2.42. The summed E-state index contributed by atoms with van der Waals surface area (Å²) < 4.78 is 5.20. The third-order valence-electron chi connectivity index (χ3n) is 1.67. The molecule has 1 nitrogen and oxygen atoms in total. The third kappa shape index (κ3) is 3.26. The van der Waals surface area contributed by atoms with E-state index in [0.29, 0.717) is 0 Å². The van der Waals surface area contributed by atoms with Gasteiger partial charge in [-0.05, 0) is 31.9 Å². The zero-order chi connectivity index (χ0) is 8.69. The number of hydrogen-bond donors (Lipinski definition) is 0. The van der Waals surface area contributed by atoms with Crippen LogP contribution in [0.2, 0.25) is 0 Å². The van der Waals surface area contributed by atoms with Crippen molar-refractivity contribution in [2.45, 2.75) is 33.6 Å². The average Bonchev–Trinajstić information content (AvgIpc) is 2.05. The van der Waals surface area contributed by atoms with Gasteiger partial charge in [0.25, 0.3) is 0 Å². The van der Waals surface area contributed by atoms with Gasteiger partial charge in [0, 0.05) is 0 Å². The summed E-state index contributed by atoms with van der Waals surface area (Å²) in [4.78, 5) is 0. The maximum atomic E-state index is 5.20. The first kappa shape index (κ1) is 10.3. The standard InChI is InChI=1S/C10H18O/c1-5-8-9(6-2)10(7-3)11-4/h6-7H,5,8H2,1-4H3/b9-6-,10-7+. The van der Waals surface area contributed by atoms with Gasteiger partial charge in [0.05, 0.1) is 7.11 Å². The lowest BCUT2D eigenvalue weighted by Gasteiger charge is -2.08. The van der Waals surface area contributed by atoms with Gasteiger partial charge in [0.1, 0.15) is 5.76 Å². The summed E-state index contributed by atoms with van der Waals surface area (Å²) in [6.07, 6.45) is 6.39. The molecule has 0 N–H and O–H groups in total. The van der Waals surface area contributed by atoms with Crippen LogP contribution in [-0.4, -0.2) is 7.11 Å². The van der Waals surface area contributed by atoms with Crippen LogP contribution < -0.4 is 0 Å². The quantitative estimate of drug-likeness (QED) is 0.446. The molecular formula is C10H18O. The number of ether oxygens (including phenoxy) is 1. The molecule has 0 atom stereocenters. The van der Waals surface area contributed by atoms with Crippen LogP contribution in [-0.2, 0) is 4.74 Å². The van der Waals surface area contributed by atoms with E-state index in [9.17, 15) is 0 Å². The van der Waals surface area contributed by atoms with Crippen molar-refractivity contribution in [2.75, 3.05) is 7.11 Å². The zero-order valence-electron chi connectivity index (χ0n) is 7.98. The van der Waals surface area contributed by atoms with Gasteiger partial charge in [0.15, 0.2) is 0 Å². The first-order valence-electron chi connectivity index (χ1n) is 4.16. The Morgan fingerprint density at radius 1 is 1.27 bits per heavy atom. The molecule has 0 amide bonds. The monoisotopic (exact) mass is 154 g/mol. The molecule has 0 aromatic rings. The molecule has 11 heavy (non-hydrogen) atoms. The molecule has 0 rings (SSSR count). The second-order valence-corrected chi connectivity index (χ2v) is 2.42. The molecule has 0 spiro atoms. The molecule has 64 valence electrons. The highest BCUT2D eigenvalue weighted by atomic mass is 16.5. The highest BCUT2D eigenvalue weighted by Crippen LogP contribution is 2.15. The molecule has 1 heteroatoms. The summed E-state index contributed by atoms with van der Waals surface area (Å²) in [5.74, 6) is 1.01. The molecule has 0 aromatic carbocycles. The number of allylic oxidation sites excluding steroid dienone is 3. The van der Waals surface area contributed by atoms with Gasteiger partial charge in [-0.25, -0.2) is 0 Å². The van der Waals surface area contributed by atoms with Gasteiger partial charge in [-0.1, -0.05) is 19.4 Å². The Hall–Kier alpha value is -0.720. The summed E-state index contributed by atoms with van der Waals surface area (Å²) in [6, 6.07) is 0. The number of methoxy groups -OCH3 is 1. The van der Waals surface area contributed by atoms with Crippen LogP contribution in [0.4, 0.5) is 0 Å². The first-order valence-corrected chi connectivity index (χ1v) is 4.16. The van der Waals surface area contributed by atoms with E-state index in [1.54, 1.807) is 7.11 Å². The summed E-state index contributed by atoms with van der Waals surface area (Å²) in [7, 11) is 1.72. The molecule has 0 aliphatic rings. The van der Waals surface area contributed by atoms with Crippen molar-refractivity contribution in [3.63, 3.8) is 0 Å². The molecule has 0 bridgehead atoms. The largest absolute Gasteiger partial charge is 0.497 e. The van der Waals surface area contributed by atoms with E-state index in [-0.39, 0.29) is 0 Å². The van der Waals surface area contributed by atoms with E-state index in [4.69, 9.17) is 4.74 Å². The van der Waals surface area contributed by atoms with Crippen LogP contribution in [0, 0.1) is 0 Å². The van der Waals surface area contributed by atoms with Crippen molar-refractivity contribution in [1.82, 2.24) is 0 Å². The number of hydrogen-bond acceptors (Lipinski definition) is 1. The summed E-state index contributed by atoms with van der Waals surface area (Å²) in [5.41, 5.74) is 1.30. The van der Waals surface area contributed by atoms with Gasteiger partial charge in [-0.3, -0.25) is 0 Å². The maximum absolute atomic E-state index is 5.20. The van der Waals surface area contributed by atoms with Crippen LogP contribution in [0.5, 0.6) is 0 Å². The molecule has 0 heterocycles. The Morgan fingerprint density at radius 3 is 2.18 bits per heavy atom. The molecular weight excluding hydrogens is 136 g/mol. The van der Waals surface area contributed by atoms with Crippen LogP contribution >= 0.6 is 0 Å². The Labute approximate surface area is 69.8 Å². The lowest BCUT2D eigenvalue weighted by atomic mass is 10.1. The summed E-state index contributed by atoms with van der Waals surface area (Å²) in [5, 5.41) is 0. The van der Waals surface area contributed by atoms with Gasteiger partial charge in [0.2, 0.25) is 0 Å². The Balaban J connectivity index is 4.24. The van der Waals surface area contributed by atoms with Gasteiger partial charge in [-0.2, -0.15) is 0 Å². The predicted molar refractivity (Wildman–Crippen MR) is 49.4 cm³/mol. The van der Waals surface area contributed by atoms with Crippen molar-refractivity contribution in [3.05, 3.63) is 23.5 Å². The van der Waals surface area contributed by atoms with E-state index in [0.717, 1.165) is 12.2 Å². The van der Waals surface area contributed by atoms with Crippen molar-refractivity contribution in [3.8, 4) is 0 Å². The van der Waals surface area contributed by atoms with Gasteiger partial charge < -0.3 is 4.74 Å². The van der Waals surface area contributed by atoms with E-state index < -0.39 is 0 Å². The highest BCUT2D eigenvalue weighted by Gasteiger charge is 2.00. The van der Waals surface area contributed by atoms with E-state index in [1.807, 2.05) is 19.9 Å². The van der Waals surface area contributed by atoms with Crippen molar-refractivity contribution < 1.29 is 4.74 Å². The Morgan fingerprint density at radius 2 is 1.91 bits per heavy atom. The van der Waals surface area contributed by atoms with Crippen LogP contribution in [0.25, 0.3) is 0 Å².